The van der Waals surface area contributed by atoms with Crippen molar-refractivity contribution in [2.45, 2.75) is 12.8 Å². The van der Waals surface area contributed by atoms with Gasteiger partial charge in [0.2, 0.25) is 0 Å². The van der Waals surface area contributed by atoms with Crippen molar-refractivity contribution >= 4 is 22.4 Å². The van der Waals surface area contributed by atoms with Crippen LogP contribution in [0.3, 0.4) is 0 Å². The SMILES string of the molecule is CC(CN)c1nc(-c2ccc3nc[nH]c3c2)cs1. The van der Waals surface area contributed by atoms with Gasteiger partial charge < -0.3 is 10.7 Å². The highest BCUT2D eigenvalue weighted by molar-refractivity contribution is 7.10. The number of thiazole rings is 1. The molecule has 0 fully saturated rings. The van der Waals surface area contributed by atoms with Crippen LogP contribution < -0.4 is 5.73 Å². The standard InChI is InChI=1S/C13H14N4S/c1-8(5-14)13-17-12(6-18-13)9-2-3-10-11(4-9)16-7-15-10/h2-4,6-8H,5,14H2,1H3,(H,15,16). The van der Waals surface area contributed by atoms with Crippen molar-refractivity contribution in [1.82, 2.24) is 15.0 Å². The molecule has 1 atom stereocenters. The highest BCUT2D eigenvalue weighted by atomic mass is 32.1. The first kappa shape index (κ1) is 11.4. The fourth-order valence-electron chi connectivity index (χ4n) is 1.84. The maximum absolute atomic E-state index is 5.67. The molecule has 3 aromatic rings. The van der Waals surface area contributed by atoms with E-state index in [0.29, 0.717) is 12.5 Å². The Morgan fingerprint density at radius 1 is 1.44 bits per heavy atom. The summed E-state index contributed by atoms with van der Waals surface area (Å²) in [5.41, 5.74) is 9.79. The number of nitrogens with zero attached hydrogens (tertiary/aromatic N) is 2. The number of imidazole rings is 1. The van der Waals surface area contributed by atoms with Crippen LogP contribution in [0, 0.1) is 0 Å². The van der Waals surface area contributed by atoms with Gasteiger partial charge in [-0.05, 0) is 12.1 Å². The highest BCUT2D eigenvalue weighted by Gasteiger charge is 2.10. The van der Waals surface area contributed by atoms with Crippen molar-refractivity contribution in [3.63, 3.8) is 0 Å². The summed E-state index contributed by atoms with van der Waals surface area (Å²) in [6.45, 7) is 2.73. The fraction of sp³-hybridized carbons (Fsp3) is 0.231. The summed E-state index contributed by atoms with van der Waals surface area (Å²) in [4.78, 5) is 12.0. The zero-order chi connectivity index (χ0) is 12.5. The Bertz CT molecular complexity index is 670. The van der Waals surface area contributed by atoms with Crippen molar-refractivity contribution < 1.29 is 0 Å². The molecular formula is C13H14N4S. The highest BCUT2D eigenvalue weighted by Crippen LogP contribution is 2.27. The van der Waals surface area contributed by atoms with Crippen LogP contribution in [0.15, 0.2) is 29.9 Å². The van der Waals surface area contributed by atoms with Crippen LogP contribution in [0.25, 0.3) is 22.3 Å². The molecule has 0 spiro atoms. The summed E-state index contributed by atoms with van der Waals surface area (Å²) in [5, 5.41) is 3.18. The number of nitrogens with one attached hydrogen (secondary N) is 1. The summed E-state index contributed by atoms with van der Waals surface area (Å²) in [6.07, 6.45) is 1.71. The van der Waals surface area contributed by atoms with E-state index in [2.05, 4.69) is 39.4 Å². The van der Waals surface area contributed by atoms with Gasteiger partial charge in [-0.15, -0.1) is 11.3 Å². The second-order valence-electron chi connectivity index (χ2n) is 4.34. The molecule has 0 amide bonds. The number of nitrogens with two attached hydrogens (primary N) is 1. The minimum Gasteiger partial charge on any atom is -0.345 e. The zero-order valence-electron chi connectivity index (χ0n) is 10.1. The molecule has 0 aliphatic carbocycles. The van der Waals surface area contributed by atoms with Gasteiger partial charge in [0.25, 0.3) is 0 Å². The molecule has 0 radical (unpaired) electrons. The molecule has 0 bridgehead atoms. The zero-order valence-corrected chi connectivity index (χ0v) is 10.9. The van der Waals surface area contributed by atoms with E-state index in [0.717, 1.165) is 27.3 Å². The maximum Gasteiger partial charge on any atom is 0.0973 e. The average Bonchev–Trinajstić information content (AvgIpc) is 3.05. The third-order valence-corrected chi connectivity index (χ3v) is 4.09. The Hall–Kier alpha value is -1.72. The third-order valence-electron chi connectivity index (χ3n) is 3.01. The predicted molar refractivity (Wildman–Crippen MR) is 74.7 cm³/mol. The quantitative estimate of drug-likeness (QED) is 0.759. The van der Waals surface area contributed by atoms with Crippen LogP contribution in [-0.2, 0) is 0 Å². The van der Waals surface area contributed by atoms with Crippen molar-refractivity contribution in [1.29, 1.82) is 0 Å². The Balaban J connectivity index is 2.00. The van der Waals surface area contributed by atoms with Crippen LogP contribution in [0.1, 0.15) is 17.8 Å². The van der Waals surface area contributed by atoms with Crippen LogP contribution in [-0.4, -0.2) is 21.5 Å². The Morgan fingerprint density at radius 3 is 3.17 bits per heavy atom. The lowest BCUT2D eigenvalue weighted by molar-refractivity contribution is 0.766. The third kappa shape index (κ3) is 1.91. The number of H-pyrrole nitrogens is 1. The molecule has 3 N–H and O–H groups in total. The van der Waals surface area contributed by atoms with Gasteiger partial charge in [0.15, 0.2) is 0 Å². The minimum atomic E-state index is 0.319. The molecule has 18 heavy (non-hydrogen) atoms. The number of aromatic amines is 1. The Kier molecular flexibility index (Phi) is 2.85. The largest absolute Gasteiger partial charge is 0.345 e. The second kappa shape index (κ2) is 4.51. The molecule has 0 saturated heterocycles. The summed E-state index contributed by atoms with van der Waals surface area (Å²) >= 11 is 1.67. The topological polar surface area (TPSA) is 67.6 Å². The number of fused-ring (bicyclic) bond motifs is 1. The summed E-state index contributed by atoms with van der Waals surface area (Å²) in [5.74, 6) is 0.319. The molecular weight excluding hydrogens is 244 g/mol. The van der Waals surface area contributed by atoms with Gasteiger partial charge in [0, 0.05) is 23.4 Å². The predicted octanol–water partition coefficient (Wildman–Crippen LogP) is 2.75. The van der Waals surface area contributed by atoms with E-state index in [-0.39, 0.29) is 0 Å². The molecule has 1 aromatic carbocycles. The van der Waals surface area contributed by atoms with Gasteiger partial charge >= 0.3 is 0 Å². The molecule has 3 rings (SSSR count). The van der Waals surface area contributed by atoms with E-state index >= 15 is 0 Å². The van der Waals surface area contributed by atoms with Gasteiger partial charge in [-0.25, -0.2) is 9.97 Å². The molecule has 4 nitrogen and oxygen atoms in total. The first-order valence-corrected chi connectivity index (χ1v) is 6.75. The Morgan fingerprint density at radius 2 is 2.33 bits per heavy atom. The number of aromatic nitrogens is 3. The van der Waals surface area contributed by atoms with Crippen molar-refractivity contribution in [2.75, 3.05) is 6.54 Å². The average molecular weight is 258 g/mol. The van der Waals surface area contributed by atoms with E-state index in [9.17, 15) is 0 Å². The van der Waals surface area contributed by atoms with Gasteiger partial charge in [0.05, 0.1) is 28.1 Å². The van der Waals surface area contributed by atoms with E-state index in [1.54, 1.807) is 17.7 Å². The molecule has 2 heterocycles. The van der Waals surface area contributed by atoms with Crippen LogP contribution in [0.4, 0.5) is 0 Å². The van der Waals surface area contributed by atoms with Crippen molar-refractivity contribution in [3.05, 3.63) is 34.9 Å². The van der Waals surface area contributed by atoms with E-state index < -0.39 is 0 Å². The Labute approximate surface area is 109 Å². The van der Waals surface area contributed by atoms with Crippen LogP contribution >= 0.6 is 11.3 Å². The van der Waals surface area contributed by atoms with E-state index in [1.165, 1.54) is 0 Å². The van der Waals surface area contributed by atoms with Crippen LogP contribution in [0.5, 0.6) is 0 Å². The lowest BCUT2D eigenvalue weighted by atomic mass is 10.1. The van der Waals surface area contributed by atoms with Crippen molar-refractivity contribution in [3.8, 4) is 11.3 Å². The van der Waals surface area contributed by atoms with Gasteiger partial charge in [-0.2, -0.15) is 0 Å². The summed E-state index contributed by atoms with van der Waals surface area (Å²) in [6, 6.07) is 6.13. The molecule has 92 valence electrons. The number of hydrogen-bond donors (Lipinski definition) is 2. The van der Waals surface area contributed by atoms with Gasteiger partial charge in [-0.3, -0.25) is 0 Å². The molecule has 0 saturated carbocycles. The first-order chi connectivity index (χ1) is 8.78. The normalized spacial score (nSPS) is 13.0. The van der Waals surface area contributed by atoms with E-state index in [1.807, 2.05) is 6.07 Å². The lowest BCUT2D eigenvalue weighted by Gasteiger charge is -2.02. The smallest absolute Gasteiger partial charge is 0.0973 e. The first-order valence-electron chi connectivity index (χ1n) is 5.87. The van der Waals surface area contributed by atoms with Crippen molar-refractivity contribution in [2.24, 2.45) is 5.73 Å². The van der Waals surface area contributed by atoms with Gasteiger partial charge in [0.1, 0.15) is 0 Å². The number of rotatable bonds is 3. The minimum absolute atomic E-state index is 0.319. The van der Waals surface area contributed by atoms with Gasteiger partial charge in [-0.1, -0.05) is 13.0 Å². The maximum atomic E-state index is 5.67. The summed E-state index contributed by atoms with van der Waals surface area (Å²) < 4.78 is 0. The molecule has 5 heteroatoms. The molecule has 1 unspecified atom stereocenters. The lowest BCUT2D eigenvalue weighted by Crippen LogP contribution is -2.08. The molecule has 2 aromatic heterocycles. The second-order valence-corrected chi connectivity index (χ2v) is 5.23. The number of hydrogen-bond acceptors (Lipinski definition) is 4. The summed E-state index contributed by atoms with van der Waals surface area (Å²) in [7, 11) is 0. The fourth-order valence-corrected chi connectivity index (χ4v) is 2.74. The van der Waals surface area contributed by atoms with E-state index in [4.69, 9.17) is 5.73 Å². The van der Waals surface area contributed by atoms with Crippen LogP contribution in [0.2, 0.25) is 0 Å². The number of benzene rings is 1. The molecule has 0 aliphatic rings. The molecule has 0 aliphatic heterocycles. The monoisotopic (exact) mass is 258 g/mol.